The van der Waals surface area contributed by atoms with Crippen molar-refractivity contribution >= 4 is 16.8 Å². The second-order valence-electron chi connectivity index (χ2n) is 6.22. The second-order valence-corrected chi connectivity index (χ2v) is 6.22. The van der Waals surface area contributed by atoms with Crippen molar-refractivity contribution in [2.45, 2.75) is 44.6 Å². The van der Waals surface area contributed by atoms with E-state index in [1.807, 2.05) is 18.2 Å². The van der Waals surface area contributed by atoms with Gasteiger partial charge in [-0.25, -0.2) is 0 Å². The maximum absolute atomic E-state index is 12.0. The number of nitrogens with one attached hydrogen (secondary N) is 2. The van der Waals surface area contributed by atoms with Gasteiger partial charge < -0.3 is 10.4 Å². The molecular formula is C17H23N3O2. The van der Waals surface area contributed by atoms with Crippen LogP contribution < -0.4 is 5.32 Å². The Balaban J connectivity index is 1.45. The van der Waals surface area contributed by atoms with Crippen molar-refractivity contribution in [3.63, 3.8) is 0 Å². The SMILES string of the molecule is O=C(Cc1ccc2[nH]ncc2c1)NCC[C@@H]1CCCC[C@@H]1O. The first-order chi connectivity index (χ1) is 10.7. The van der Waals surface area contributed by atoms with Gasteiger partial charge in [-0.05, 0) is 42.9 Å². The van der Waals surface area contributed by atoms with Gasteiger partial charge >= 0.3 is 0 Å². The minimum absolute atomic E-state index is 0.0353. The van der Waals surface area contributed by atoms with E-state index in [-0.39, 0.29) is 12.0 Å². The summed E-state index contributed by atoms with van der Waals surface area (Å²) in [6.07, 6.45) is 7.14. The smallest absolute Gasteiger partial charge is 0.224 e. The summed E-state index contributed by atoms with van der Waals surface area (Å²) in [7, 11) is 0. The van der Waals surface area contributed by atoms with E-state index < -0.39 is 0 Å². The van der Waals surface area contributed by atoms with Crippen LogP contribution in [0.1, 0.15) is 37.7 Å². The number of hydrogen-bond acceptors (Lipinski definition) is 3. The van der Waals surface area contributed by atoms with E-state index >= 15 is 0 Å². The average Bonchev–Trinajstić information content (AvgIpc) is 2.97. The van der Waals surface area contributed by atoms with Crippen LogP contribution in [0.2, 0.25) is 0 Å². The highest BCUT2D eigenvalue weighted by molar-refractivity contribution is 5.82. The maximum atomic E-state index is 12.0. The zero-order chi connectivity index (χ0) is 15.4. The van der Waals surface area contributed by atoms with Gasteiger partial charge in [0.25, 0.3) is 0 Å². The molecule has 0 spiro atoms. The molecule has 5 heteroatoms. The largest absolute Gasteiger partial charge is 0.393 e. The van der Waals surface area contributed by atoms with Crippen molar-refractivity contribution < 1.29 is 9.90 Å². The molecule has 1 aliphatic rings. The first-order valence-electron chi connectivity index (χ1n) is 8.09. The van der Waals surface area contributed by atoms with E-state index in [4.69, 9.17) is 0 Å². The van der Waals surface area contributed by atoms with Crippen LogP contribution in [0.3, 0.4) is 0 Å². The molecule has 1 saturated carbocycles. The number of benzene rings is 1. The minimum Gasteiger partial charge on any atom is -0.393 e. The number of fused-ring (bicyclic) bond motifs is 1. The lowest BCUT2D eigenvalue weighted by molar-refractivity contribution is -0.120. The maximum Gasteiger partial charge on any atom is 0.224 e. The van der Waals surface area contributed by atoms with Crippen molar-refractivity contribution in [3.05, 3.63) is 30.0 Å². The van der Waals surface area contributed by atoms with E-state index in [9.17, 15) is 9.90 Å². The van der Waals surface area contributed by atoms with Crippen LogP contribution in [-0.2, 0) is 11.2 Å². The van der Waals surface area contributed by atoms with Crippen molar-refractivity contribution in [3.8, 4) is 0 Å². The van der Waals surface area contributed by atoms with Gasteiger partial charge in [0, 0.05) is 11.9 Å². The molecule has 0 bridgehead atoms. The Hall–Kier alpha value is -1.88. The molecule has 2 atom stereocenters. The predicted octanol–water partition coefficient (Wildman–Crippen LogP) is 2.16. The fraction of sp³-hybridized carbons (Fsp3) is 0.529. The number of amides is 1. The van der Waals surface area contributed by atoms with Gasteiger partial charge in [-0.3, -0.25) is 9.89 Å². The van der Waals surface area contributed by atoms with E-state index in [0.717, 1.165) is 42.1 Å². The monoisotopic (exact) mass is 301 g/mol. The van der Waals surface area contributed by atoms with Gasteiger partial charge in [-0.15, -0.1) is 0 Å². The fourth-order valence-electron chi connectivity index (χ4n) is 3.27. The van der Waals surface area contributed by atoms with Gasteiger partial charge in [0.05, 0.1) is 24.2 Å². The number of aliphatic hydroxyl groups excluding tert-OH is 1. The van der Waals surface area contributed by atoms with E-state index in [2.05, 4.69) is 15.5 Å². The fourth-order valence-corrected chi connectivity index (χ4v) is 3.27. The van der Waals surface area contributed by atoms with Crippen LogP contribution in [0.5, 0.6) is 0 Å². The van der Waals surface area contributed by atoms with Crippen molar-refractivity contribution in [2.75, 3.05) is 6.54 Å². The van der Waals surface area contributed by atoms with Gasteiger partial charge in [-0.1, -0.05) is 18.9 Å². The van der Waals surface area contributed by atoms with Crippen molar-refractivity contribution in [1.29, 1.82) is 0 Å². The summed E-state index contributed by atoms with van der Waals surface area (Å²) in [5.74, 6) is 0.379. The third kappa shape index (κ3) is 3.65. The number of nitrogens with zero attached hydrogens (tertiary/aromatic N) is 1. The molecule has 0 saturated heterocycles. The first kappa shape index (κ1) is 15.0. The highest BCUT2D eigenvalue weighted by Gasteiger charge is 2.22. The third-order valence-corrected chi connectivity index (χ3v) is 4.58. The average molecular weight is 301 g/mol. The molecule has 22 heavy (non-hydrogen) atoms. The van der Waals surface area contributed by atoms with Crippen molar-refractivity contribution in [1.82, 2.24) is 15.5 Å². The number of aromatic nitrogens is 2. The minimum atomic E-state index is -0.186. The highest BCUT2D eigenvalue weighted by Crippen LogP contribution is 2.26. The lowest BCUT2D eigenvalue weighted by Gasteiger charge is -2.27. The summed E-state index contributed by atoms with van der Waals surface area (Å²) in [5, 5.41) is 20.8. The quantitative estimate of drug-likeness (QED) is 0.792. The zero-order valence-electron chi connectivity index (χ0n) is 12.7. The van der Waals surface area contributed by atoms with Gasteiger partial charge in [0.15, 0.2) is 0 Å². The Bertz CT molecular complexity index is 638. The van der Waals surface area contributed by atoms with Gasteiger partial charge in [-0.2, -0.15) is 5.10 Å². The number of aromatic amines is 1. The molecule has 1 aliphatic carbocycles. The molecule has 0 radical (unpaired) electrons. The van der Waals surface area contributed by atoms with Crippen LogP contribution in [0.15, 0.2) is 24.4 Å². The highest BCUT2D eigenvalue weighted by atomic mass is 16.3. The Labute approximate surface area is 130 Å². The predicted molar refractivity (Wildman–Crippen MR) is 85.4 cm³/mol. The van der Waals surface area contributed by atoms with E-state index in [0.29, 0.717) is 18.9 Å². The summed E-state index contributed by atoms with van der Waals surface area (Å²) in [5.41, 5.74) is 1.97. The second kappa shape index (κ2) is 6.92. The van der Waals surface area contributed by atoms with Gasteiger partial charge in [0.2, 0.25) is 5.91 Å². The number of H-pyrrole nitrogens is 1. The Morgan fingerprint density at radius 2 is 2.23 bits per heavy atom. The molecule has 1 aromatic heterocycles. The molecular weight excluding hydrogens is 278 g/mol. The lowest BCUT2D eigenvalue weighted by atomic mass is 9.84. The molecule has 1 aromatic carbocycles. The molecule has 0 unspecified atom stereocenters. The summed E-state index contributed by atoms with van der Waals surface area (Å²) >= 11 is 0. The number of rotatable bonds is 5. The normalized spacial score (nSPS) is 21.9. The van der Waals surface area contributed by atoms with E-state index in [1.54, 1.807) is 6.20 Å². The zero-order valence-corrected chi connectivity index (χ0v) is 12.7. The molecule has 5 nitrogen and oxygen atoms in total. The van der Waals surface area contributed by atoms with Crippen LogP contribution in [-0.4, -0.2) is 33.9 Å². The molecule has 118 valence electrons. The van der Waals surface area contributed by atoms with Crippen LogP contribution >= 0.6 is 0 Å². The van der Waals surface area contributed by atoms with Crippen LogP contribution in [0, 0.1) is 5.92 Å². The summed E-state index contributed by atoms with van der Waals surface area (Å²) < 4.78 is 0. The number of carbonyl (C=O) groups excluding carboxylic acids is 1. The lowest BCUT2D eigenvalue weighted by Crippen LogP contribution is -2.31. The summed E-state index contributed by atoms with van der Waals surface area (Å²) in [6, 6.07) is 5.89. The molecule has 3 rings (SSSR count). The molecule has 2 aromatic rings. The Kier molecular flexibility index (Phi) is 4.73. The molecule has 1 fully saturated rings. The Morgan fingerprint density at radius 3 is 3.09 bits per heavy atom. The third-order valence-electron chi connectivity index (χ3n) is 4.58. The number of carbonyl (C=O) groups is 1. The number of hydrogen-bond donors (Lipinski definition) is 3. The molecule has 1 heterocycles. The Morgan fingerprint density at radius 1 is 1.36 bits per heavy atom. The molecule has 1 amide bonds. The first-order valence-corrected chi connectivity index (χ1v) is 8.09. The van der Waals surface area contributed by atoms with Crippen LogP contribution in [0.4, 0.5) is 0 Å². The van der Waals surface area contributed by atoms with Gasteiger partial charge in [0.1, 0.15) is 0 Å². The standard InChI is InChI=1S/C17H23N3O2/c21-16-4-2-1-3-13(16)7-8-18-17(22)10-12-5-6-15-14(9-12)11-19-20-15/h5-6,9,11,13,16,21H,1-4,7-8,10H2,(H,18,22)(H,19,20)/t13-,16-/m0/s1. The molecule has 0 aliphatic heterocycles. The van der Waals surface area contributed by atoms with Crippen molar-refractivity contribution in [2.24, 2.45) is 5.92 Å². The summed E-state index contributed by atoms with van der Waals surface area (Å²) in [4.78, 5) is 12.0. The molecule has 3 N–H and O–H groups in total. The topological polar surface area (TPSA) is 78.0 Å². The number of aliphatic hydroxyl groups is 1. The summed E-state index contributed by atoms with van der Waals surface area (Å²) in [6.45, 7) is 0.647. The van der Waals surface area contributed by atoms with E-state index in [1.165, 1.54) is 6.42 Å². The van der Waals surface area contributed by atoms with Crippen LogP contribution in [0.25, 0.3) is 10.9 Å².